The van der Waals surface area contributed by atoms with E-state index in [1.54, 1.807) is 29.8 Å². The molecule has 2 aromatic heterocycles. The van der Waals surface area contributed by atoms with Crippen molar-refractivity contribution in [2.24, 2.45) is 0 Å². The van der Waals surface area contributed by atoms with Crippen LogP contribution in [-0.4, -0.2) is 18.0 Å². The Bertz CT molecular complexity index is 1100. The highest BCUT2D eigenvalue weighted by Crippen LogP contribution is 2.28. The number of thiophene rings is 1. The lowest BCUT2D eigenvalue weighted by Gasteiger charge is -2.18. The molecule has 0 saturated carbocycles. The molecule has 6 heteroatoms. The Labute approximate surface area is 184 Å². The van der Waals surface area contributed by atoms with Gasteiger partial charge in [0.1, 0.15) is 10.8 Å². The van der Waals surface area contributed by atoms with Crippen LogP contribution in [0.25, 0.3) is 10.6 Å². The molecule has 2 aromatic carbocycles. The van der Waals surface area contributed by atoms with Crippen molar-refractivity contribution in [3.63, 3.8) is 0 Å². The van der Waals surface area contributed by atoms with Gasteiger partial charge in [0.05, 0.1) is 25.3 Å². The van der Waals surface area contributed by atoms with E-state index < -0.39 is 0 Å². The van der Waals surface area contributed by atoms with Gasteiger partial charge in [-0.05, 0) is 48.2 Å². The fraction of sp³-hybridized carbons (Fsp3) is 0.167. The number of nitrogens with zero attached hydrogens (tertiary/aromatic N) is 1. The van der Waals surface area contributed by atoms with E-state index in [0.29, 0.717) is 0 Å². The minimum atomic E-state index is -0.155. The van der Waals surface area contributed by atoms with Crippen molar-refractivity contribution in [2.75, 3.05) is 7.11 Å². The molecule has 0 aliphatic heterocycles. The van der Waals surface area contributed by atoms with Crippen molar-refractivity contribution in [3.8, 4) is 16.3 Å². The molecule has 0 spiro atoms. The number of rotatable bonds is 7. The van der Waals surface area contributed by atoms with E-state index in [1.165, 1.54) is 5.56 Å². The summed E-state index contributed by atoms with van der Waals surface area (Å²) in [5.41, 5.74) is 4.07. The highest BCUT2D eigenvalue weighted by molar-refractivity contribution is 7.13. The molecule has 0 aliphatic carbocycles. The summed E-state index contributed by atoms with van der Waals surface area (Å²) in [6, 6.07) is 20.0. The predicted molar refractivity (Wildman–Crippen MR) is 123 cm³/mol. The van der Waals surface area contributed by atoms with E-state index >= 15 is 0 Å². The van der Waals surface area contributed by atoms with E-state index in [2.05, 4.69) is 47.6 Å². The van der Waals surface area contributed by atoms with Crippen molar-refractivity contribution in [1.29, 1.82) is 0 Å². The quantitative estimate of drug-likeness (QED) is 0.410. The van der Waals surface area contributed by atoms with Gasteiger partial charge in [0.2, 0.25) is 5.91 Å². The van der Waals surface area contributed by atoms with Gasteiger partial charge < -0.3 is 10.1 Å². The van der Waals surface area contributed by atoms with Crippen molar-refractivity contribution in [3.05, 3.63) is 93.1 Å². The lowest BCUT2D eigenvalue weighted by molar-refractivity contribution is -0.120. The monoisotopic (exact) mass is 434 g/mol. The zero-order valence-electron chi connectivity index (χ0n) is 16.8. The third kappa shape index (κ3) is 4.78. The molecule has 4 nitrogen and oxygen atoms in total. The SMILES string of the molecule is COc1ccc(-c2nc(CC(=O)NC(c3ccc(C)cc3)c3cccs3)cs2)cc1. The summed E-state index contributed by atoms with van der Waals surface area (Å²) in [6.07, 6.45) is 0.250. The summed E-state index contributed by atoms with van der Waals surface area (Å²) in [5, 5.41) is 8.07. The minimum absolute atomic E-state index is 0.0412. The number of ether oxygens (including phenoxy) is 1. The number of carbonyl (C=O) groups excluding carboxylic acids is 1. The van der Waals surface area contributed by atoms with E-state index in [0.717, 1.165) is 32.5 Å². The van der Waals surface area contributed by atoms with Gasteiger partial charge in [0, 0.05) is 15.8 Å². The van der Waals surface area contributed by atoms with E-state index in [4.69, 9.17) is 4.74 Å². The Kier molecular flexibility index (Phi) is 6.26. The average Bonchev–Trinajstić information content (AvgIpc) is 3.45. The van der Waals surface area contributed by atoms with Crippen LogP contribution in [0.2, 0.25) is 0 Å². The van der Waals surface area contributed by atoms with Crippen LogP contribution in [0.1, 0.15) is 27.7 Å². The first kappa shape index (κ1) is 20.3. The number of benzene rings is 2. The summed E-state index contributed by atoms with van der Waals surface area (Å²) in [7, 11) is 1.65. The standard InChI is InChI=1S/C24H22N2O2S2/c1-16-5-7-17(8-6-16)23(21-4-3-13-29-21)26-22(27)14-19-15-30-24(25-19)18-9-11-20(28-2)12-10-18/h3-13,15,23H,14H2,1-2H3,(H,26,27). The molecule has 0 fully saturated rings. The lowest BCUT2D eigenvalue weighted by Crippen LogP contribution is -2.30. The number of nitrogens with one attached hydrogen (secondary N) is 1. The van der Waals surface area contributed by atoms with Crippen molar-refractivity contribution >= 4 is 28.6 Å². The average molecular weight is 435 g/mol. The van der Waals surface area contributed by atoms with Crippen LogP contribution in [0, 0.1) is 6.92 Å². The Morgan fingerprint density at radius 3 is 2.50 bits per heavy atom. The van der Waals surface area contributed by atoms with Gasteiger partial charge in [0.15, 0.2) is 0 Å². The fourth-order valence-electron chi connectivity index (χ4n) is 3.16. The maximum atomic E-state index is 12.8. The molecule has 2 heterocycles. The molecule has 152 valence electrons. The smallest absolute Gasteiger partial charge is 0.226 e. The van der Waals surface area contributed by atoms with Crippen LogP contribution in [0.4, 0.5) is 0 Å². The summed E-state index contributed by atoms with van der Waals surface area (Å²) in [5.74, 6) is 0.770. The third-order valence-electron chi connectivity index (χ3n) is 4.77. The van der Waals surface area contributed by atoms with Crippen LogP contribution < -0.4 is 10.1 Å². The van der Waals surface area contributed by atoms with E-state index in [9.17, 15) is 4.79 Å². The van der Waals surface area contributed by atoms with Gasteiger partial charge in [-0.3, -0.25) is 4.79 Å². The van der Waals surface area contributed by atoms with E-state index in [1.807, 2.05) is 41.1 Å². The number of methoxy groups -OCH3 is 1. The Morgan fingerprint density at radius 2 is 1.83 bits per heavy atom. The molecule has 1 N–H and O–H groups in total. The van der Waals surface area contributed by atoms with Crippen molar-refractivity contribution in [2.45, 2.75) is 19.4 Å². The normalized spacial score (nSPS) is 11.8. The highest BCUT2D eigenvalue weighted by atomic mass is 32.1. The molecule has 0 aliphatic rings. The Balaban J connectivity index is 1.47. The molecule has 1 atom stereocenters. The first-order chi connectivity index (χ1) is 14.6. The van der Waals surface area contributed by atoms with Gasteiger partial charge >= 0.3 is 0 Å². The second-order valence-corrected chi connectivity index (χ2v) is 8.81. The molecule has 4 rings (SSSR count). The molecule has 0 radical (unpaired) electrons. The first-order valence-corrected chi connectivity index (χ1v) is 11.4. The second-order valence-electron chi connectivity index (χ2n) is 6.98. The van der Waals surface area contributed by atoms with Gasteiger partial charge in [-0.25, -0.2) is 4.98 Å². The molecular weight excluding hydrogens is 412 g/mol. The van der Waals surface area contributed by atoms with Gasteiger partial charge in [-0.15, -0.1) is 22.7 Å². The lowest BCUT2D eigenvalue weighted by atomic mass is 10.0. The number of amides is 1. The highest BCUT2D eigenvalue weighted by Gasteiger charge is 2.19. The van der Waals surface area contributed by atoms with Crippen molar-refractivity contribution < 1.29 is 9.53 Å². The topological polar surface area (TPSA) is 51.2 Å². The predicted octanol–water partition coefficient (Wildman–Crippen LogP) is 5.64. The third-order valence-corrected chi connectivity index (χ3v) is 6.65. The van der Waals surface area contributed by atoms with Crippen LogP contribution >= 0.6 is 22.7 Å². The molecule has 0 bridgehead atoms. The number of aryl methyl sites for hydroxylation is 1. The van der Waals surface area contributed by atoms with Crippen LogP contribution in [-0.2, 0) is 11.2 Å². The molecule has 0 saturated heterocycles. The molecular formula is C24H22N2O2S2. The number of aromatic nitrogens is 1. The molecule has 4 aromatic rings. The second kappa shape index (κ2) is 9.24. The van der Waals surface area contributed by atoms with Crippen molar-refractivity contribution in [1.82, 2.24) is 10.3 Å². The first-order valence-electron chi connectivity index (χ1n) is 9.60. The van der Waals surface area contributed by atoms with Gasteiger partial charge in [-0.2, -0.15) is 0 Å². The number of hydrogen-bond donors (Lipinski definition) is 1. The van der Waals surface area contributed by atoms with Gasteiger partial charge in [0.25, 0.3) is 0 Å². The number of thiazole rings is 1. The van der Waals surface area contributed by atoms with Crippen LogP contribution in [0.15, 0.2) is 71.4 Å². The minimum Gasteiger partial charge on any atom is -0.497 e. The molecule has 1 unspecified atom stereocenters. The Morgan fingerprint density at radius 1 is 1.07 bits per heavy atom. The van der Waals surface area contributed by atoms with Gasteiger partial charge in [-0.1, -0.05) is 35.9 Å². The maximum absolute atomic E-state index is 12.8. The zero-order chi connectivity index (χ0) is 20.9. The van der Waals surface area contributed by atoms with Crippen LogP contribution in [0.5, 0.6) is 5.75 Å². The number of carbonyl (C=O) groups is 1. The summed E-state index contributed by atoms with van der Waals surface area (Å²) >= 11 is 3.19. The molecule has 30 heavy (non-hydrogen) atoms. The molecule has 1 amide bonds. The summed E-state index contributed by atoms with van der Waals surface area (Å²) < 4.78 is 5.20. The Hall–Kier alpha value is -2.96. The van der Waals surface area contributed by atoms with E-state index in [-0.39, 0.29) is 18.4 Å². The largest absolute Gasteiger partial charge is 0.497 e. The van der Waals surface area contributed by atoms with Crippen LogP contribution in [0.3, 0.4) is 0 Å². The zero-order valence-corrected chi connectivity index (χ0v) is 18.4. The summed E-state index contributed by atoms with van der Waals surface area (Å²) in [6.45, 7) is 2.06. The number of hydrogen-bond acceptors (Lipinski definition) is 5. The summed E-state index contributed by atoms with van der Waals surface area (Å²) in [4.78, 5) is 18.6. The maximum Gasteiger partial charge on any atom is 0.226 e. The fourth-order valence-corrected chi connectivity index (χ4v) is 4.79.